The summed E-state index contributed by atoms with van der Waals surface area (Å²) in [5.41, 5.74) is 4.00. The summed E-state index contributed by atoms with van der Waals surface area (Å²) >= 11 is 0. The van der Waals surface area contributed by atoms with Gasteiger partial charge in [0.25, 0.3) is 5.91 Å². The number of aromatic nitrogens is 1. The predicted octanol–water partition coefficient (Wildman–Crippen LogP) is 2.81. The standard InChI is InChI=1S/C19H23N3O2/c1-4-9-21(10-11-23)19(24)18-12-14(2)22(15(18)3)17-7-5-16(13-20)6-8-17/h5-8,12,23H,4,9-11H2,1-3H3. The molecule has 0 bridgehead atoms. The van der Waals surface area contributed by atoms with E-state index >= 15 is 0 Å². The number of carbonyl (C=O) groups is 1. The summed E-state index contributed by atoms with van der Waals surface area (Å²) in [6.07, 6.45) is 0.847. The molecule has 2 rings (SSSR count). The largest absolute Gasteiger partial charge is 0.395 e. The molecule has 0 saturated heterocycles. The maximum atomic E-state index is 12.8. The lowest BCUT2D eigenvalue weighted by atomic mass is 10.2. The van der Waals surface area contributed by atoms with Crippen LogP contribution >= 0.6 is 0 Å². The maximum absolute atomic E-state index is 12.8. The second-order valence-electron chi connectivity index (χ2n) is 5.79. The van der Waals surface area contributed by atoms with Crippen molar-refractivity contribution in [1.29, 1.82) is 5.26 Å². The van der Waals surface area contributed by atoms with Gasteiger partial charge in [0.1, 0.15) is 0 Å². The first-order valence-corrected chi connectivity index (χ1v) is 8.13. The lowest BCUT2D eigenvalue weighted by Crippen LogP contribution is -2.34. The highest BCUT2D eigenvalue weighted by Gasteiger charge is 2.21. The average Bonchev–Trinajstić information content (AvgIpc) is 2.88. The molecule has 0 atom stereocenters. The molecule has 0 spiro atoms. The molecule has 2 aromatic rings. The summed E-state index contributed by atoms with van der Waals surface area (Å²) in [5.74, 6) is -0.0566. The van der Waals surface area contributed by atoms with Gasteiger partial charge in [-0.1, -0.05) is 6.92 Å². The molecule has 0 aliphatic heterocycles. The van der Waals surface area contributed by atoms with Gasteiger partial charge in [0.15, 0.2) is 0 Å². The lowest BCUT2D eigenvalue weighted by Gasteiger charge is -2.21. The van der Waals surface area contributed by atoms with Gasteiger partial charge in [0.2, 0.25) is 0 Å². The van der Waals surface area contributed by atoms with Gasteiger partial charge in [-0.05, 0) is 50.6 Å². The van der Waals surface area contributed by atoms with Crippen LogP contribution in [0.15, 0.2) is 30.3 Å². The number of hydrogen-bond acceptors (Lipinski definition) is 3. The van der Waals surface area contributed by atoms with E-state index in [1.54, 1.807) is 17.0 Å². The Hall–Kier alpha value is -2.58. The van der Waals surface area contributed by atoms with E-state index in [9.17, 15) is 9.90 Å². The van der Waals surface area contributed by atoms with Gasteiger partial charge >= 0.3 is 0 Å². The zero-order chi connectivity index (χ0) is 17.7. The molecule has 1 N–H and O–H groups in total. The molecule has 0 aliphatic carbocycles. The van der Waals surface area contributed by atoms with E-state index in [2.05, 4.69) is 6.07 Å². The molecule has 0 fully saturated rings. The molecule has 1 aromatic carbocycles. The first-order chi connectivity index (χ1) is 11.5. The molecule has 0 saturated carbocycles. The molecular formula is C19H23N3O2. The van der Waals surface area contributed by atoms with Crippen molar-refractivity contribution in [2.45, 2.75) is 27.2 Å². The van der Waals surface area contributed by atoms with Crippen LogP contribution in [-0.2, 0) is 0 Å². The van der Waals surface area contributed by atoms with Crippen LogP contribution in [0.2, 0.25) is 0 Å². The molecule has 0 radical (unpaired) electrons. The Labute approximate surface area is 142 Å². The van der Waals surface area contributed by atoms with E-state index in [0.717, 1.165) is 23.5 Å². The van der Waals surface area contributed by atoms with E-state index < -0.39 is 0 Å². The van der Waals surface area contributed by atoms with Gasteiger partial charge in [0, 0.05) is 30.2 Å². The first-order valence-electron chi connectivity index (χ1n) is 8.13. The van der Waals surface area contributed by atoms with E-state index in [1.165, 1.54) is 0 Å². The van der Waals surface area contributed by atoms with Crippen molar-refractivity contribution in [3.8, 4) is 11.8 Å². The Bertz CT molecular complexity index is 748. The van der Waals surface area contributed by atoms with Crippen molar-refractivity contribution in [3.05, 3.63) is 52.8 Å². The fourth-order valence-corrected chi connectivity index (χ4v) is 2.94. The number of nitrogens with zero attached hydrogens (tertiary/aromatic N) is 3. The normalized spacial score (nSPS) is 10.5. The van der Waals surface area contributed by atoms with Gasteiger partial charge in [-0.2, -0.15) is 5.26 Å². The minimum Gasteiger partial charge on any atom is -0.395 e. The Morgan fingerprint density at radius 1 is 1.25 bits per heavy atom. The smallest absolute Gasteiger partial charge is 0.255 e. The highest BCUT2D eigenvalue weighted by atomic mass is 16.3. The van der Waals surface area contributed by atoms with Gasteiger partial charge < -0.3 is 14.6 Å². The van der Waals surface area contributed by atoms with Crippen LogP contribution in [-0.4, -0.2) is 40.2 Å². The van der Waals surface area contributed by atoms with Crippen LogP contribution < -0.4 is 0 Å². The molecule has 5 heteroatoms. The zero-order valence-electron chi connectivity index (χ0n) is 14.4. The third kappa shape index (κ3) is 3.50. The van der Waals surface area contributed by atoms with Gasteiger partial charge in [-0.25, -0.2) is 0 Å². The Morgan fingerprint density at radius 3 is 2.46 bits per heavy atom. The zero-order valence-corrected chi connectivity index (χ0v) is 14.4. The van der Waals surface area contributed by atoms with Crippen LogP contribution in [0.5, 0.6) is 0 Å². The molecule has 126 valence electrons. The molecule has 1 aromatic heterocycles. The molecule has 0 unspecified atom stereocenters. The number of carbonyl (C=O) groups excluding carboxylic acids is 1. The van der Waals surface area contributed by atoms with Crippen molar-refractivity contribution in [1.82, 2.24) is 9.47 Å². The number of rotatable bonds is 6. The number of hydrogen-bond donors (Lipinski definition) is 1. The fourth-order valence-electron chi connectivity index (χ4n) is 2.94. The van der Waals surface area contributed by atoms with Crippen molar-refractivity contribution < 1.29 is 9.90 Å². The summed E-state index contributed by atoms with van der Waals surface area (Å²) in [5, 5.41) is 18.1. The van der Waals surface area contributed by atoms with Crippen molar-refractivity contribution in [2.24, 2.45) is 0 Å². The average molecular weight is 325 g/mol. The van der Waals surface area contributed by atoms with Crippen LogP contribution in [0.4, 0.5) is 0 Å². The quantitative estimate of drug-likeness (QED) is 0.888. The molecule has 1 amide bonds. The molecule has 24 heavy (non-hydrogen) atoms. The Morgan fingerprint density at radius 2 is 1.92 bits per heavy atom. The SMILES string of the molecule is CCCN(CCO)C(=O)c1cc(C)n(-c2ccc(C#N)cc2)c1C. The molecule has 1 heterocycles. The molecule has 0 aliphatic rings. The highest BCUT2D eigenvalue weighted by molar-refractivity contribution is 5.96. The van der Waals surface area contributed by atoms with E-state index in [4.69, 9.17) is 5.26 Å². The monoisotopic (exact) mass is 325 g/mol. The van der Waals surface area contributed by atoms with E-state index in [-0.39, 0.29) is 12.5 Å². The topological polar surface area (TPSA) is 69.3 Å². The summed E-state index contributed by atoms with van der Waals surface area (Å²) in [7, 11) is 0. The number of aliphatic hydroxyl groups is 1. The second kappa shape index (κ2) is 7.80. The van der Waals surface area contributed by atoms with Crippen molar-refractivity contribution in [3.63, 3.8) is 0 Å². The second-order valence-corrected chi connectivity index (χ2v) is 5.79. The van der Waals surface area contributed by atoms with Crippen LogP contribution in [0.3, 0.4) is 0 Å². The number of aliphatic hydroxyl groups excluding tert-OH is 1. The van der Waals surface area contributed by atoms with E-state index in [0.29, 0.717) is 24.2 Å². The molecular weight excluding hydrogens is 302 g/mol. The van der Waals surface area contributed by atoms with Gasteiger partial charge in [0.05, 0.1) is 23.8 Å². The van der Waals surface area contributed by atoms with Crippen LogP contribution in [0.25, 0.3) is 5.69 Å². The summed E-state index contributed by atoms with van der Waals surface area (Å²) < 4.78 is 2.01. The number of nitriles is 1. The minimum atomic E-state index is -0.0566. The fraction of sp³-hybridized carbons (Fsp3) is 0.368. The van der Waals surface area contributed by atoms with Crippen molar-refractivity contribution >= 4 is 5.91 Å². The summed E-state index contributed by atoms with van der Waals surface area (Å²) in [6.45, 7) is 6.81. The summed E-state index contributed by atoms with van der Waals surface area (Å²) in [6, 6.07) is 11.3. The highest BCUT2D eigenvalue weighted by Crippen LogP contribution is 2.22. The molecule has 5 nitrogen and oxygen atoms in total. The third-order valence-corrected chi connectivity index (χ3v) is 4.07. The lowest BCUT2D eigenvalue weighted by molar-refractivity contribution is 0.0721. The maximum Gasteiger partial charge on any atom is 0.255 e. The van der Waals surface area contributed by atoms with E-state index in [1.807, 2.05) is 43.5 Å². The van der Waals surface area contributed by atoms with Gasteiger partial charge in [-0.3, -0.25) is 4.79 Å². The number of aryl methyl sites for hydroxylation is 1. The first kappa shape index (κ1) is 17.8. The predicted molar refractivity (Wildman–Crippen MR) is 93.2 cm³/mol. The Kier molecular flexibility index (Phi) is 5.78. The number of amides is 1. The number of benzene rings is 1. The van der Waals surface area contributed by atoms with Crippen molar-refractivity contribution in [2.75, 3.05) is 19.7 Å². The van der Waals surface area contributed by atoms with Gasteiger partial charge in [-0.15, -0.1) is 0 Å². The summed E-state index contributed by atoms with van der Waals surface area (Å²) in [4.78, 5) is 14.5. The minimum absolute atomic E-state index is 0.0416. The Balaban J connectivity index is 2.40. The third-order valence-electron chi connectivity index (χ3n) is 4.07. The van der Waals surface area contributed by atoms with Crippen LogP contribution in [0, 0.1) is 25.2 Å². The van der Waals surface area contributed by atoms with Crippen LogP contribution in [0.1, 0.15) is 40.7 Å².